The Labute approximate surface area is 92.6 Å². The van der Waals surface area contributed by atoms with Gasteiger partial charge in [0.1, 0.15) is 0 Å². The van der Waals surface area contributed by atoms with Crippen molar-refractivity contribution >= 4 is 5.78 Å². The lowest BCUT2D eigenvalue weighted by atomic mass is 9.95. The van der Waals surface area contributed by atoms with E-state index in [1.54, 1.807) is 0 Å². The van der Waals surface area contributed by atoms with Gasteiger partial charge < -0.3 is 11.5 Å². The molecular weight excluding hydrogens is 188 g/mol. The van der Waals surface area contributed by atoms with Crippen LogP contribution >= 0.6 is 0 Å². The molecule has 2 fully saturated rings. The molecule has 0 heterocycles. The number of hydrogen-bond acceptors (Lipinski definition) is 3. The third kappa shape index (κ3) is 3.28. The van der Waals surface area contributed by atoms with Gasteiger partial charge in [0, 0.05) is 5.92 Å². The summed E-state index contributed by atoms with van der Waals surface area (Å²) < 4.78 is 0. The summed E-state index contributed by atoms with van der Waals surface area (Å²) in [6.07, 6.45) is 4.54. The number of rotatable bonds is 2. The first kappa shape index (κ1) is 12.7. The number of nitrogens with two attached hydrogens (primary N) is 2. The first-order chi connectivity index (χ1) is 7.06. The van der Waals surface area contributed by atoms with Crippen LogP contribution in [0.15, 0.2) is 0 Å². The zero-order valence-corrected chi connectivity index (χ0v) is 9.91. The Balaban J connectivity index is 0.000000167. The Hall–Kier alpha value is -0.410. The Kier molecular flexibility index (Phi) is 4.74. The summed E-state index contributed by atoms with van der Waals surface area (Å²) in [7, 11) is 0. The van der Waals surface area contributed by atoms with Crippen molar-refractivity contribution in [3.63, 3.8) is 0 Å². The highest BCUT2D eigenvalue weighted by Gasteiger charge is 2.44. The summed E-state index contributed by atoms with van der Waals surface area (Å²) in [5.74, 6) is 1.99. The zero-order valence-electron chi connectivity index (χ0n) is 9.91. The number of carbonyl (C=O) groups is 1. The van der Waals surface area contributed by atoms with Gasteiger partial charge in [0.05, 0.1) is 6.04 Å². The molecule has 2 aliphatic rings. The maximum Gasteiger partial charge on any atom is 0.152 e. The van der Waals surface area contributed by atoms with Crippen LogP contribution in [0.1, 0.15) is 39.5 Å². The molecule has 0 saturated heterocycles. The molecule has 0 amide bonds. The molecule has 3 heteroatoms. The average molecular weight is 212 g/mol. The predicted molar refractivity (Wildman–Crippen MR) is 62.3 cm³/mol. The number of hydrogen-bond donors (Lipinski definition) is 2. The third-order valence-corrected chi connectivity index (χ3v) is 3.46. The number of fused-ring (bicyclic) bond motifs is 2. The molecule has 0 aliphatic heterocycles. The average Bonchev–Trinajstić information content (AvgIpc) is 2.72. The molecule has 3 nitrogen and oxygen atoms in total. The minimum Gasteiger partial charge on any atom is -0.330 e. The highest BCUT2D eigenvalue weighted by atomic mass is 16.1. The van der Waals surface area contributed by atoms with Crippen LogP contribution in [0.2, 0.25) is 0 Å². The first-order valence-corrected chi connectivity index (χ1v) is 6.05. The van der Waals surface area contributed by atoms with Gasteiger partial charge in [0.15, 0.2) is 5.78 Å². The van der Waals surface area contributed by atoms with Crippen LogP contribution in [0, 0.1) is 17.8 Å². The Bertz CT molecular complexity index is 212. The Morgan fingerprint density at radius 3 is 2.27 bits per heavy atom. The fraction of sp³-hybridized carbons (Fsp3) is 0.917. The minimum atomic E-state index is -0.0938. The monoisotopic (exact) mass is 212 g/mol. The fourth-order valence-electron chi connectivity index (χ4n) is 2.44. The molecule has 0 aromatic carbocycles. The second-order valence-electron chi connectivity index (χ2n) is 5.17. The van der Waals surface area contributed by atoms with Gasteiger partial charge in [0.2, 0.25) is 0 Å². The van der Waals surface area contributed by atoms with Crippen LogP contribution in [0.4, 0.5) is 0 Å². The van der Waals surface area contributed by atoms with E-state index < -0.39 is 0 Å². The van der Waals surface area contributed by atoms with Crippen molar-refractivity contribution < 1.29 is 4.79 Å². The SMILES string of the molecule is CC(C)CCN.NC1C(=O)C2CCC1C2. The molecule has 2 bridgehead atoms. The predicted octanol–water partition coefficient (Wildman–Crippen LogP) is 1.30. The van der Waals surface area contributed by atoms with Gasteiger partial charge in [-0.2, -0.15) is 0 Å². The zero-order chi connectivity index (χ0) is 11.4. The van der Waals surface area contributed by atoms with Crippen molar-refractivity contribution in [1.82, 2.24) is 0 Å². The van der Waals surface area contributed by atoms with E-state index in [0.717, 1.165) is 31.7 Å². The van der Waals surface area contributed by atoms with Crippen LogP contribution in [0.5, 0.6) is 0 Å². The largest absolute Gasteiger partial charge is 0.330 e. The van der Waals surface area contributed by atoms with E-state index in [1.165, 1.54) is 6.42 Å². The maximum absolute atomic E-state index is 11.0. The van der Waals surface area contributed by atoms with E-state index in [2.05, 4.69) is 13.8 Å². The topological polar surface area (TPSA) is 69.1 Å². The lowest BCUT2D eigenvalue weighted by Gasteiger charge is -2.14. The van der Waals surface area contributed by atoms with E-state index in [9.17, 15) is 4.79 Å². The van der Waals surface area contributed by atoms with Crippen molar-refractivity contribution in [2.75, 3.05) is 6.54 Å². The van der Waals surface area contributed by atoms with Gasteiger partial charge in [-0.3, -0.25) is 4.79 Å². The van der Waals surface area contributed by atoms with E-state index in [0.29, 0.717) is 17.6 Å². The van der Waals surface area contributed by atoms with Crippen molar-refractivity contribution in [3.8, 4) is 0 Å². The van der Waals surface area contributed by atoms with Crippen molar-refractivity contribution in [3.05, 3.63) is 0 Å². The van der Waals surface area contributed by atoms with Gasteiger partial charge in [-0.05, 0) is 44.1 Å². The molecule has 2 aliphatic carbocycles. The van der Waals surface area contributed by atoms with Gasteiger partial charge in [-0.15, -0.1) is 0 Å². The highest BCUT2D eigenvalue weighted by molar-refractivity contribution is 5.89. The number of ketones is 1. The lowest BCUT2D eigenvalue weighted by molar-refractivity contribution is -0.122. The molecule has 0 spiro atoms. The third-order valence-electron chi connectivity index (χ3n) is 3.46. The first-order valence-electron chi connectivity index (χ1n) is 6.05. The maximum atomic E-state index is 11.0. The second-order valence-corrected chi connectivity index (χ2v) is 5.17. The number of Topliss-reactive ketones (excluding diaryl/α,β-unsaturated/α-hetero) is 1. The summed E-state index contributed by atoms with van der Waals surface area (Å²) in [5.41, 5.74) is 10.8. The van der Waals surface area contributed by atoms with Crippen LogP contribution < -0.4 is 11.5 Å². The second kappa shape index (κ2) is 5.61. The molecule has 2 saturated carbocycles. The molecule has 4 N–H and O–H groups in total. The van der Waals surface area contributed by atoms with E-state index >= 15 is 0 Å². The molecule has 0 aromatic heterocycles. The van der Waals surface area contributed by atoms with Crippen LogP contribution in [0.3, 0.4) is 0 Å². The highest BCUT2D eigenvalue weighted by Crippen LogP contribution is 2.40. The van der Waals surface area contributed by atoms with Crippen LogP contribution in [0.25, 0.3) is 0 Å². The summed E-state index contributed by atoms with van der Waals surface area (Å²) in [4.78, 5) is 11.0. The summed E-state index contributed by atoms with van der Waals surface area (Å²) in [5, 5.41) is 0. The van der Waals surface area contributed by atoms with Crippen molar-refractivity contribution in [2.24, 2.45) is 29.2 Å². The van der Waals surface area contributed by atoms with Gasteiger partial charge >= 0.3 is 0 Å². The summed E-state index contributed by atoms with van der Waals surface area (Å²) >= 11 is 0. The standard InChI is InChI=1S/C7H11NO.C5H13N/c8-6-4-1-2-5(3-4)7(6)9;1-5(2)3-4-6/h4-6H,1-3,8H2;5H,3-4,6H2,1-2H3. The molecule has 0 radical (unpaired) electrons. The number of carbonyl (C=O) groups excluding carboxylic acids is 1. The van der Waals surface area contributed by atoms with Gasteiger partial charge in [-0.25, -0.2) is 0 Å². The summed E-state index contributed by atoms with van der Waals surface area (Å²) in [6, 6.07) is -0.0938. The molecule has 3 unspecified atom stereocenters. The Morgan fingerprint density at radius 2 is 2.07 bits per heavy atom. The molecule has 15 heavy (non-hydrogen) atoms. The molecule has 0 aromatic rings. The Morgan fingerprint density at radius 1 is 1.40 bits per heavy atom. The lowest BCUT2D eigenvalue weighted by Crippen LogP contribution is -2.35. The van der Waals surface area contributed by atoms with E-state index in [1.807, 2.05) is 0 Å². The van der Waals surface area contributed by atoms with E-state index in [4.69, 9.17) is 11.5 Å². The van der Waals surface area contributed by atoms with Gasteiger partial charge in [-0.1, -0.05) is 13.8 Å². The normalized spacial score (nSPS) is 33.1. The van der Waals surface area contributed by atoms with Gasteiger partial charge in [0.25, 0.3) is 0 Å². The minimum absolute atomic E-state index is 0.0938. The smallest absolute Gasteiger partial charge is 0.152 e. The molecular formula is C12H24N2O. The molecule has 3 atom stereocenters. The van der Waals surface area contributed by atoms with Crippen molar-refractivity contribution in [1.29, 1.82) is 0 Å². The van der Waals surface area contributed by atoms with E-state index in [-0.39, 0.29) is 6.04 Å². The van der Waals surface area contributed by atoms with Crippen molar-refractivity contribution in [2.45, 2.75) is 45.6 Å². The molecule has 2 rings (SSSR count). The van der Waals surface area contributed by atoms with Crippen LogP contribution in [-0.2, 0) is 4.79 Å². The fourth-order valence-corrected chi connectivity index (χ4v) is 2.44. The summed E-state index contributed by atoms with van der Waals surface area (Å²) in [6.45, 7) is 5.18. The van der Waals surface area contributed by atoms with Crippen LogP contribution in [-0.4, -0.2) is 18.4 Å². The quantitative estimate of drug-likeness (QED) is 0.725. The molecule has 88 valence electrons.